The predicted octanol–water partition coefficient (Wildman–Crippen LogP) is 8.19. The number of pyridine rings is 2. The Kier molecular flexibility index (Phi) is 15.3. The van der Waals surface area contributed by atoms with Crippen LogP contribution in [0.2, 0.25) is 0 Å². The second-order valence-corrected chi connectivity index (χ2v) is 27.4. The maximum atomic E-state index is 15.0. The quantitative estimate of drug-likeness (QED) is 0.0772. The number of aromatic nitrogens is 3. The van der Waals surface area contributed by atoms with E-state index in [1.165, 1.54) is 22.8 Å². The van der Waals surface area contributed by atoms with Crippen LogP contribution in [0.4, 0.5) is 34.3 Å². The maximum Gasteiger partial charge on any atom is 0.297 e. The van der Waals surface area contributed by atoms with Gasteiger partial charge in [0.05, 0.1) is 91.1 Å². The minimum atomic E-state index is -4.73. The highest BCUT2D eigenvalue weighted by atomic mass is 32.2. The highest BCUT2D eigenvalue weighted by Gasteiger charge is 2.51. The number of hydrogen-bond acceptors (Lipinski definition) is 20. The van der Waals surface area contributed by atoms with Crippen molar-refractivity contribution in [1.29, 1.82) is 0 Å². The number of piperidine rings is 1. The van der Waals surface area contributed by atoms with Crippen LogP contribution in [0.5, 0.6) is 17.4 Å². The molecule has 11 heterocycles. The summed E-state index contributed by atoms with van der Waals surface area (Å²) in [6.45, 7) is 13.9. The van der Waals surface area contributed by atoms with Gasteiger partial charge in [0, 0.05) is 101 Å². The number of amides is 1. The van der Waals surface area contributed by atoms with Crippen molar-refractivity contribution in [2.75, 3.05) is 119 Å². The SMILES string of the molecule is COc1cc2c(nc1N1CCOC[C@@H]1C)COC[C@H]2N1CCN(C2CC3(CCN(c4ccc(C(=O)NS(=O)(=O)c5cc6c(c([N+](=O)[O-])c5)N[C@H](C5CCOCC5)CO6)c(N5c6cc7cc[nH]c7nc6O[C@H]6COCC[C@@H]65)c4)CC3)C2)[C@H](c2ccccc2C)C1. The number of carbonyl (C=O) groups excluding carboxylic acids is 1. The summed E-state index contributed by atoms with van der Waals surface area (Å²) in [5.41, 5.74) is 7.36. The number of benzene rings is 3. The van der Waals surface area contributed by atoms with E-state index in [0.717, 1.165) is 112 Å². The molecule has 9 aliphatic rings. The summed E-state index contributed by atoms with van der Waals surface area (Å²) in [4.78, 5) is 52.1. The number of nitrogens with one attached hydrogen (secondary N) is 3. The number of sulfonamides is 1. The van der Waals surface area contributed by atoms with Crippen LogP contribution in [0.3, 0.4) is 0 Å². The van der Waals surface area contributed by atoms with Gasteiger partial charge in [-0.1, -0.05) is 24.3 Å². The van der Waals surface area contributed by atoms with Gasteiger partial charge in [0.2, 0.25) is 5.88 Å². The molecule has 1 saturated carbocycles. The van der Waals surface area contributed by atoms with Crippen molar-refractivity contribution < 1.29 is 51.3 Å². The van der Waals surface area contributed by atoms with E-state index in [1.807, 2.05) is 30.5 Å². The van der Waals surface area contributed by atoms with Crippen LogP contribution < -0.4 is 38.9 Å². The van der Waals surface area contributed by atoms with E-state index in [-0.39, 0.29) is 71.8 Å². The number of methoxy groups -OCH3 is 1. The summed E-state index contributed by atoms with van der Waals surface area (Å²) in [7, 11) is -2.99. The number of nitro groups is 1. The van der Waals surface area contributed by atoms with E-state index in [1.54, 1.807) is 13.2 Å². The van der Waals surface area contributed by atoms with Crippen LogP contribution in [-0.4, -0.2) is 174 Å². The molecular weight excluding hydrogens is 1160 g/mol. The third-order valence-electron chi connectivity index (χ3n) is 20.7. The fourth-order valence-corrected chi connectivity index (χ4v) is 16.8. The van der Waals surface area contributed by atoms with Crippen LogP contribution >= 0.6 is 0 Å². The normalized spacial score (nSPS) is 25.8. The number of nitro benzene ring substituents is 1. The first kappa shape index (κ1) is 58.1. The monoisotopic (exact) mass is 1240 g/mol. The van der Waals surface area contributed by atoms with Crippen molar-refractivity contribution in [3.63, 3.8) is 0 Å². The Bertz CT molecular complexity index is 3810. The Morgan fingerprint density at radius 3 is 2.47 bits per heavy atom. The molecule has 5 saturated heterocycles. The van der Waals surface area contributed by atoms with Gasteiger partial charge in [0.1, 0.15) is 24.0 Å². The molecular formula is C65H77N11O12S. The van der Waals surface area contributed by atoms with Crippen LogP contribution in [0, 0.1) is 28.4 Å². The number of ether oxygens (including phenoxy) is 7. The van der Waals surface area contributed by atoms with Crippen LogP contribution in [0.25, 0.3) is 11.0 Å². The van der Waals surface area contributed by atoms with E-state index < -0.39 is 37.5 Å². The molecule has 6 atom stereocenters. The number of fused-ring (bicyclic) bond motifs is 5. The second-order valence-electron chi connectivity index (χ2n) is 25.8. The molecule has 1 spiro atoms. The fraction of sp³-hybridized carbons (Fsp3) is 0.523. The Morgan fingerprint density at radius 1 is 0.843 bits per heavy atom. The number of anilines is 5. The lowest BCUT2D eigenvalue weighted by atomic mass is 9.59. The lowest BCUT2D eigenvalue weighted by Gasteiger charge is -2.59. The number of aryl methyl sites for hydroxylation is 1. The van der Waals surface area contributed by atoms with Gasteiger partial charge in [-0.05, 0) is 123 Å². The smallest absolute Gasteiger partial charge is 0.297 e. The van der Waals surface area contributed by atoms with E-state index in [2.05, 4.69) is 83.7 Å². The Morgan fingerprint density at radius 2 is 1.66 bits per heavy atom. The minimum Gasteiger partial charge on any atom is -0.493 e. The van der Waals surface area contributed by atoms with Gasteiger partial charge < -0.3 is 58.2 Å². The molecule has 1 amide bonds. The molecule has 3 aromatic carbocycles. The van der Waals surface area contributed by atoms with Crippen molar-refractivity contribution in [2.45, 2.75) is 113 Å². The van der Waals surface area contributed by atoms with Crippen molar-refractivity contribution >= 4 is 61.2 Å². The van der Waals surface area contributed by atoms with Gasteiger partial charge in [-0.3, -0.25) is 24.7 Å². The molecule has 6 fully saturated rings. The molecule has 1 aliphatic carbocycles. The molecule has 6 aromatic rings. The average Bonchev–Trinajstić information content (AvgIpc) is 1.34. The Labute approximate surface area is 517 Å². The maximum absolute atomic E-state index is 15.0. The molecule has 8 aliphatic heterocycles. The minimum absolute atomic E-state index is 0.0236. The molecule has 15 rings (SSSR count). The van der Waals surface area contributed by atoms with Gasteiger partial charge >= 0.3 is 0 Å². The lowest BCUT2D eigenvalue weighted by Crippen LogP contribution is -2.60. The number of carbonyl (C=O) groups is 1. The van der Waals surface area contributed by atoms with Gasteiger partial charge in [0.25, 0.3) is 21.6 Å². The first-order valence-electron chi connectivity index (χ1n) is 31.6. The molecule has 3 N–H and O–H groups in total. The van der Waals surface area contributed by atoms with E-state index in [0.29, 0.717) is 81.6 Å². The third kappa shape index (κ3) is 10.7. The summed E-state index contributed by atoms with van der Waals surface area (Å²) in [5, 5.41) is 16.8. The summed E-state index contributed by atoms with van der Waals surface area (Å²) in [6.07, 6.45) is 7.62. The first-order chi connectivity index (χ1) is 43.3. The zero-order valence-electron chi connectivity index (χ0n) is 50.6. The average molecular weight is 1240 g/mol. The van der Waals surface area contributed by atoms with Crippen LogP contribution in [-0.2, 0) is 35.6 Å². The van der Waals surface area contributed by atoms with Gasteiger partial charge in [-0.25, -0.2) is 18.1 Å². The van der Waals surface area contributed by atoms with Crippen molar-refractivity contribution in [3.05, 3.63) is 117 Å². The predicted molar refractivity (Wildman–Crippen MR) is 332 cm³/mol. The van der Waals surface area contributed by atoms with Crippen LogP contribution in [0.15, 0.2) is 83.9 Å². The Balaban J connectivity index is 0.688. The summed E-state index contributed by atoms with van der Waals surface area (Å²) in [5.74, 6) is 1.28. The number of nitrogens with zero attached hydrogens (tertiary/aromatic N) is 8. The molecule has 89 heavy (non-hydrogen) atoms. The van der Waals surface area contributed by atoms with E-state index >= 15 is 4.79 Å². The number of aromatic amines is 1. The molecule has 23 nitrogen and oxygen atoms in total. The topological polar surface area (TPSA) is 241 Å². The number of H-pyrrole nitrogens is 1. The molecule has 470 valence electrons. The van der Waals surface area contributed by atoms with Gasteiger partial charge in [-0.15, -0.1) is 0 Å². The highest BCUT2D eigenvalue weighted by Crippen LogP contribution is 2.55. The van der Waals surface area contributed by atoms with E-state index in [9.17, 15) is 18.5 Å². The largest absolute Gasteiger partial charge is 0.493 e. The zero-order valence-corrected chi connectivity index (χ0v) is 51.4. The second kappa shape index (κ2) is 23.5. The first-order valence-corrected chi connectivity index (χ1v) is 33.1. The van der Waals surface area contributed by atoms with Crippen LogP contribution in [0.1, 0.15) is 96.7 Å². The number of hydrogen-bond donors (Lipinski definition) is 3. The third-order valence-corrected chi connectivity index (χ3v) is 22.0. The van der Waals surface area contributed by atoms with Crippen molar-refractivity contribution in [3.8, 4) is 17.4 Å². The molecule has 24 heteroatoms. The standard InChI is InChI=1S/C65H77N11O12S/c1-39-6-4-5-7-46(39)55-33-72(56-37-86-35-50-48(56)30-58(82-3)62(68-50)73-21-25-85-34-40(73)2)19-20-74(55)44-31-65(32-44)14-17-71(18-15-65)43-8-9-47(52(27-43)75-51-13-24-84-38-59(51)88-64-54(75)26-42-10-16-66-61(42)69-64)63(77)70-89(80,81)45-28-53(76(78)79)60-57(29-45)87-36-49(67-60)41-11-22-83-23-12-41/h4-10,16,26-30,40-41,44,49,51,55-56,59,67H,11-15,17-25,31-38H2,1-3H3,(H,66,69)(H,70,77)/t40-,49-,51-,55-,56+,59-/m0/s1. The van der Waals surface area contributed by atoms with Crippen molar-refractivity contribution in [1.82, 2.24) is 29.5 Å². The van der Waals surface area contributed by atoms with Gasteiger partial charge in [-0.2, -0.15) is 4.98 Å². The number of morpholine rings is 1. The molecule has 0 unspecified atom stereocenters. The number of rotatable bonds is 12. The molecule has 3 aromatic heterocycles. The van der Waals surface area contributed by atoms with E-state index in [4.69, 9.17) is 43.1 Å². The summed E-state index contributed by atoms with van der Waals surface area (Å²) >= 11 is 0. The van der Waals surface area contributed by atoms with Gasteiger partial charge in [0.15, 0.2) is 23.0 Å². The zero-order chi connectivity index (χ0) is 60.7. The Hall–Kier alpha value is -7.32. The molecule has 0 radical (unpaired) electrons. The number of piperazine rings is 1. The molecule has 0 bridgehead atoms. The summed E-state index contributed by atoms with van der Waals surface area (Å²) < 4.78 is 73.7. The summed E-state index contributed by atoms with van der Waals surface area (Å²) in [6, 6.07) is 23.1. The van der Waals surface area contributed by atoms with Crippen molar-refractivity contribution in [2.24, 2.45) is 11.3 Å². The lowest BCUT2D eigenvalue weighted by molar-refractivity contribution is -0.384. The highest BCUT2D eigenvalue weighted by molar-refractivity contribution is 7.90. The fourth-order valence-electron chi connectivity index (χ4n) is 15.8.